The lowest BCUT2D eigenvalue weighted by molar-refractivity contribution is 0.0358. The van der Waals surface area contributed by atoms with Gasteiger partial charge in [-0.15, -0.1) is 0 Å². The van der Waals surface area contributed by atoms with Crippen LogP contribution in [0, 0.1) is 0 Å². The Kier molecular flexibility index (Phi) is 6.81. The lowest BCUT2D eigenvalue weighted by Gasteiger charge is -2.26. The molecule has 33 heavy (non-hydrogen) atoms. The summed E-state index contributed by atoms with van der Waals surface area (Å²) in [6.45, 7) is 5.45. The Morgan fingerprint density at radius 1 is 0.818 bits per heavy atom. The maximum atomic E-state index is 6.05. The molecular formula is C27H26ClNO4. The van der Waals surface area contributed by atoms with Crippen molar-refractivity contribution in [1.29, 1.82) is 0 Å². The van der Waals surface area contributed by atoms with Crippen molar-refractivity contribution < 1.29 is 18.6 Å². The zero-order valence-electron chi connectivity index (χ0n) is 18.3. The molecule has 2 heterocycles. The summed E-state index contributed by atoms with van der Waals surface area (Å²) >= 11 is 5.94. The van der Waals surface area contributed by atoms with E-state index in [1.807, 2.05) is 72.8 Å². The minimum atomic E-state index is 0.682. The van der Waals surface area contributed by atoms with Crippen LogP contribution in [0.1, 0.15) is 6.42 Å². The minimum absolute atomic E-state index is 0.682. The second kappa shape index (κ2) is 10.3. The third-order valence-electron chi connectivity index (χ3n) is 5.67. The van der Waals surface area contributed by atoms with Crippen LogP contribution in [-0.2, 0) is 4.74 Å². The molecule has 1 saturated heterocycles. The van der Waals surface area contributed by atoms with E-state index < -0.39 is 0 Å². The second-order valence-electron chi connectivity index (χ2n) is 8.05. The lowest BCUT2D eigenvalue weighted by atomic mass is 10.1. The topological polar surface area (TPSA) is 44.1 Å². The van der Waals surface area contributed by atoms with Gasteiger partial charge < -0.3 is 18.6 Å². The summed E-state index contributed by atoms with van der Waals surface area (Å²) < 4.78 is 23.3. The van der Waals surface area contributed by atoms with Crippen molar-refractivity contribution in [3.63, 3.8) is 0 Å². The van der Waals surface area contributed by atoms with Gasteiger partial charge >= 0.3 is 0 Å². The van der Waals surface area contributed by atoms with Crippen LogP contribution >= 0.6 is 11.6 Å². The molecule has 1 fully saturated rings. The van der Waals surface area contributed by atoms with Gasteiger partial charge in [0, 0.05) is 35.6 Å². The first-order valence-electron chi connectivity index (χ1n) is 11.2. The molecule has 3 aromatic carbocycles. The summed E-state index contributed by atoms with van der Waals surface area (Å²) in [6, 6.07) is 23.2. The third kappa shape index (κ3) is 5.69. The van der Waals surface area contributed by atoms with E-state index in [9.17, 15) is 0 Å². The van der Waals surface area contributed by atoms with E-state index in [-0.39, 0.29) is 0 Å². The van der Waals surface area contributed by atoms with Gasteiger partial charge in [0.1, 0.15) is 28.6 Å². The van der Waals surface area contributed by atoms with E-state index >= 15 is 0 Å². The summed E-state index contributed by atoms with van der Waals surface area (Å²) in [6.07, 6.45) is 1.01. The Hall–Kier alpha value is -2.99. The number of hydrogen-bond acceptors (Lipinski definition) is 5. The summed E-state index contributed by atoms with van der Waals surface area (Å²) in [4.78, 5) is 2.42. The van der Waals surface area contributed by atoms with Crippen molar-refractivity contribution in [3.05, 3.63) is 77.8 Å². The first-order chi connectivity index (χ1) is 16.2. The molecule has 1 aromatic heterocycles. The van der Waals surface area contributed by atoms with Gasteiger partial charge in [0.2, 0.25) is 0 Å². The van der Waals surface area contributed by atoms with E-state index in [2.05, 4.69) is 4.90 Å². The highest BCUT2D eigenvalue weighted by Gasteiger charge is 2.10. The number of morpholine rings is 1. The molecule has 5 nitrogen and oxygen atoms in total. The van der Waals surface area contributed by atoms with Crippen molar-refractivity contribution in [2.75, 3.05) is 39.5 Å². The Balaban J connectivity index is 1.19. The molecule has 170 valence electrons. The molecule has 0 radical (unpaired) electrons. The average molecular weight is 464 g/mol. The van der Waals surface area contributed by atoms with Gasteiger partial charge in [0.15, 0.2) is 0 Å². The van der Waals surface area contributed by atoms with E-state index in [4.69, 9.17) is 30.2 Å². The highest BCUT2D eigenvalue weighted by Crippen LogP contribution is 2.32. The largest absolute Gasteiger partial charge is 0.494 e. The average Bonchev–Trinajstić information content (AvgIpc) is 3.28. The Morgan fingerprint density at radius 3 is 2.33 bits per heavy atom. The summed E-state index contributed by atoms with van der Waals surface area (Å²) in [5.74, 6) is 3.17. The van der Waals surface area contributed by atoms with Crippen molar-refractivity contribution in [2.24, 2.45) is 0 Å². The van der Waals surface area contributed by atoms with E-state index in [1.165, 1.54) is 0 Å². The number of furan rings is 1. The highest BCUT2D eigenvalue weighted by molar-refractivity contribution is 6.30. The monoisotopic (exact) mass is 463 g/mol. The predicted molar refractivity (Wildman–Crippen MR) is 131 cm³/mol. The number of hydrogen-bond donors (Lipinski definition) is 0. The molecule has 0 bridgehead atoms. The van der Waals surface area contributed by atoms with Crippen LogP contribution in [0.2, 0.25) is 5.02 Å². The first kappa shape index (κ1) is 21.8. The number of fused-ring (bicyclic) bond motifs is 1. The normalized spacial score (nSPS) is 14.5. The fourth-order valence-electron chi connectivity index (χ4n) is 3.88. The van der Waals surface area contributed by atoms with Gasteiger partial charge in [0.05, 0.1) is 19.8 Å². The number of halogens is 1. The van der Waals surface area contributed by atoms with Crippen LogP contribution in [0.5, 0.6) is 17.2 Å². The fourth-order valence-corrected chi connectivity index (χ4v) is 4.01. The molecule has 0 amide bonds. The highest BCUT2D eigenvalue weighted by atomic mass is 35.5. The predicted octanol–water partition coefficient (Wildman–Crippen LogP) is 6.65. The van der Waals surface area contributed by atoms with Gasteiger partial charge in [-0.3, -0.25) is 4.90 Å². The number of benzene rings is 3. The van der Waals surface area contributed by atoms with Gasteiger partial charge in [-0.2, -0.15) is 0 Å². The van der Waals surface area contributed by atoms with Crippen LogP contribution < -0.4 is 9.47 Å². The Bertz CT molecular complexity index is 1180. The molecular weight excluding hydrogens is 438 g/mol. The van der Waals surface area contributed by atoms with E-state index in [0.717, 1.165) is 78.8 Å². The number of rotatable bonds is 8. The quantitative estimate of drug-likeness (QED) is 0.274. The fraction of sp³-hybridized carbons (Fsp3) is 0.259. The molecule has 0 saturated carbocycles. The maximum absolute atomic E-state index is 6.05. The number of nitrogens with zero attached hydrogens (tertiary/aromatic N) is 1. The standard InChI is InChI=1S/C27H26ClNO4/c28-22-4-8-24(9-5-22)32-25-10-11-26-21(18-25)19-27(33-26)20-2-6-23(7-3-20)31-15-1-12-29-13-16-30-17-14-29/h2-11,18-19H,1,12-17H2. The van der Waals surface area contributed by atoms with Crippen molar-refractivity contribution >= 4 is 22.6 Å². The third-order valence-corrected chi connectivity index (χ3v) is 5.92. The van der Waals surface area contributed by atoms with E-state index in [1.54, 1.807) is 0 Å². The Labute approximate surface area is 198 Å². The zero-order chi connectivity index (χ0) is 22.5. The summed E-state index contributed by atoms with van der Waals surface area (Å²) in [5.41, 5.74) is 1.82. The Morgan fingerprint density at radius 2 is 1.55 bits per heavy atom. The smallest absolute Gasteiger partial charge is 0.135 e. The SMILES string of the molecule is Clc1ccc(Oc2ccc3oc(-c4ccc(OCCCN5CCOCC5)cc4)cc3c2)cc1. The van der Waals surface area contributed by atoms with Crippen molar-refractivity contribution in [3.8, 4) is 28.6 Å². The molecule has 0 N–H and O–H groups in total. The zero-order valence-corrected chi connectivity index (χ0v) is 19.1. The van der Waals surface area contributed by atoms with Crippen LogP contribution in [-0.4, -0.2) is 44.4 Å². The summed E-state index contributed by atoms with van der Waals surface area (Å²) in [5, 5.41) is 1.67. The molecule has 0 spiro atoms. The number of ether oxygens (including phenoxy) is 3. The van der Waals surface area contributed by atoms with Crippen molar-refractivity contribution in [2.45, 2.75) is 6.42 Å². The molecule has 1 aliphatic heterocycles. The van der Waals surface area contributed by atoms with Crippen LogP contribution in [0.4, 0.5) is 0 Å². The first-order valence-corrected chi connectivity index (χ1v) is 11.6. The van der Waals surface area contributed by atoms with Crippen molar-refractivity contribution in [1.82, 2.24) is 4.90 Å². The minimum Gasteiger partial charge on any atom is -0.494 e. The van der Waals surface area contributed by atoms with Gasteiger partial charge in [-0.05, 0) is 79.2 Å². The van der Waals surface area contributed by atoms with E-state index in [0.29, 0.717) is 11.6 Å². The molecule has 0 unspecified atom stereocenters. The molecule has 0 atom stereocenters. The van der Waals surface area contributed by atoms with Gasteiger partial charge in [0.25, 0.3) is 0 Å². The maximum Gasteiger partial charge on any atom is 0.135 e. The van der Waals surface area contributed by atoms with Gasteiger partial charge in [-0.1, -0.05) is 11.6 Å². The van der Waals surface area contributed by atoms with Crippen LogP contribution in [0.3, 0.4) is 0 Å². The second-order valence-corrected chi connectivity index (χ2v) is 8.48. The summed E-state index contributed by atoms with van der Waals surface area (Å²) in [7, 11) is 0. The molecule has 1 aliphatic rings. The van der Waals surface area contributed by atoms with Crippen LogP contribution in [0.25, 0.3) is 22.3 Å². The van der Waals surface area contributed by atoms with Crippen LogP contribution in [0.15, 0.2) is 77.2 Å². The molecule has 6 heteroatoms. The molecule has 4 aromatic rings. The lowest BCUT2D eigenvalue weighted by Crippen LogP contribution is -2.37. The molecule has 0 aliphatic carbocycles. The molecule has 5 rings (SSSR count). The van der Waals surface area contributed by atoms with Gasteiger partial charge in [-0.25, -0.2) is 0 Å².